The van der Waals surface area contributed by atoms with Gasteiger partial charge in [0, 0.05) is 19.4 Å². The van der Waals surface area contributed by atoms with E-state index in [0.29, 0.717) is 26.0 Å². The zero-order valence-electron chi connectivity index (χ0n) is 20.3. The second-order valence-electron chi connectivity index (χ2n) is 9.65. The number of ether oxygens (including phenoxy) is 4. The minimum Gasteiger partial charge on any atom is -0.371 e. The van der Waals surface area contributed by atoms with Crippen LogP contribution < -0.4 is 5.32 Å². The quantitative estimate of drug-likeness (QED) is 0.617. The van der Waals surface area contributed by atoms with Crippen molar-refractivity contribution >= 4 is 5.91 Å². The minimum absolute atomic E-state index is 0.176. The van der Waals surface area contributed by atoms with Crippen LogP contribution in [0.2, 0.25) is 0 Å². The van der Waals surface area contributed by atoms with Crippen LogP contribution >= 0.6 is 0 Å². The Labute approximate surface area is 200 Å². The Balaban J connectivity index is 1.58. The minimum atomic E-state index is -1.13. The first-order chi connectivity index (χ1) is 16.2. The van der Waals surface area contributed by atoms with E-state index in [0.717, 1.165) is 16.7 Å². The summed E-state index contributed by atoms with van der Waals surface area (Å²) in [5.41, 5.74) is 1.84. The molecule has 1 saturated carbocycles. The van der Waals surface area contributed by atoms with Crippen LogP contribution in [0.3, 0.4) is 0 Å². The third-order valence-electron chi connectivity index (χ3n) is 6.38. The number of carbonyl (C=O) groups is 1. The summed E-state index contributed by atoms with van der Waals surface area (Å²) in [7, 11) is 0. The lowest BCUT2D eigenvalue weighted by atomic mass is 9.78. The zero-order chi connectivity index (χ0) is 24.3. The van der Waals surface area contributed by atoms with Gasteiger partial charge in [0.1, 0.15) is 11.9 Å². The Morgan fingerprint density at radius 1 is 1.09 bits per heavy atom. The smallest absolute Gasteiger partial charge is 0.252 e. The van der Waals surface area contributed by atoms with Crippen LogP contribution in [-0.4, -0.2) is 42.2 Å². The molecule has 4 rings (SSSR count). The number of fused-ring (bicyclic) bond motifs is 1. The molecule has 0 unspecified atom stereocenters. The van der Waals surface area contributed by atoms with E-state index in [1.807, 2.05) is 45.9 Å². The first kappa shape index (κ1) is 24.8. The molecule has 34 heavy (non-hydrogen) atoms. The Bertz CT molecular complexity index is 995. The van der Waals surface area contributed by atoms with E-state index in [1.165, 1.54) is 12.1 Å². The molecule has 2 fully saturated rings. The van der Waals surface area contributed by atoms with Crippen LogP contribution in [0.25, 0.3) is 0 Å². The molecule has 2 aliphatic rings. The maximum absolute atomic E-state index is 13.4. The van der Waals surface area contributed by atoms with Crippen molar-refractivity contribution in [2.45, 2.75) is 83.5 Å². The average Bonchev–Trinajstić information content (AvgIpc) is 3.11. The Morgan fingerprint density at radius 2 is 1.85 bits per heavy atom. The van der Waals surface area contributed by atoms with Gasteiger partial charge in [-0.05, 0) is 51.0 Å². The van der Waals surface area contributed by atoms with Crippen molar-refractivity contribution in [3.8, 4) is 0 Å². The number of halogens is 1. The lowest BCUT2D eigenvalue weighted by Gasteiger charge is -2.43. The largest absolute Gasteiger partial charge is 0.371 e. The van der Waals surface area contributed by atoms with E-state index in [4.69, 9.17) is 18.9 Å². The molecule has 1 saturated heterocycles. The fourth-order valence-electron chi connectivity index (χ4n) is 4.84. The highest BCUT2D eigenvalue weighted by atomic mass is 19.1. The lowest BCUT2D eigenvalue weighted by molar-refractivity contribution is -0.183. The summed E-state index contributed by atoms with van der Waals surface area (Å²) < 4.78 is 38.4. The number of likely N-dealkylation sites (N-methyl/N-ethyl adjacent to an activating group) is 1. The molecular weight excluding hydrogens is 437 g/mol. The molecule has 7 heteroatoms. The van der Waals surface area contributed by atoms with Crippen molar-refractivity contribution in [3.63, 3.8) is 0 Å². The molecule has 2 aromatic rings. The molecule has 184 valence electrons. The molecule has 4 atom stereocenters. The number of benzene rings is 2. The predicted octanol–water partition coefficient (Wildman–Crippen LogP) is 4.42. The Kier molecular flexibility index (Phi) is 7.38. The fourth-order valence-corrected chi connectivity index (χ4v) is 4.84. The predicted molar refractivity (Wildman–Crippen MR) is 125 cm³/mol. The SMILES string of the molecule is CCNC(=O)[C@@]1(OCc2cccc(C)c2)C[C@@H](OCc2ccc(F)cc2)[C@@H]2OC(C)(C)O[C@@H]2C1. The third-order valence-corrected chi connectivity index (χ3v) is 6.38. The van der Waals surface area contributed by atoms with Gasteiger partial charge in [-0.15, -0.1) is 0 Å². The molecule has 1 aliphatic heterocycles. The first-order valence-corrected chi connectivity index (χ1v) is 11.9. The lowest BCUT2D eigenvalue weighted by Crippen LogP contribution is -2.60. The zero-order valence-corrected chi connectivity index (χ0v) is 20.3. The third kappa shape index (κ3) is 5.66. The van der Waals surface area contributed by atoms with Gasteiger partial charge in [0.05, 0.1) is 25.4 Å². The van der Waals surface area contributed by atoms with Crippen molar-refractivity contribution < 1.29 is 28.1 Å². The van der Waals surface area contributed by atoms with Crippen molar-refractivity contribution in [3.05, 3.63) is 71.0 Å². The van der Waals surface area contributed by atoms with Crippen LogP contribution in [-0.2, 0) is 37.0 Å². The number of nitrogens with one attached hydrogen (secondary N) is 1. The normalized spacial score (nSPS) is 27.9. The van der Waals surface area contributed by atoms with Crippen molar-refractivity contribution in [2.24, 2.45) is 0 Å². The molecule has 0 aromatic heterocycles. The second kappa shape index (κ2) is 10.1. The number of rotatable bonds is 8. The van der Waals surface area contributed by atoms with E-state index >= 15 is 0 Å². The topological polar surface area (TPSA) is 66.0 Å². The fraction of sp³-hybridized carbons (Fsp3) is 0.519. The molecule has 0 spiro atoms. The van der Waals surface area contributed by atoms with Gasteiger partial charge in [-0.2, -0.15) is 0 Å². The van der Waals surface area contributed by atoms with Crippen LogP contribution in [0, 0.1) is 12.7 Å². The molecule has 1 heterocycles. The highest BCUT2D eigenvalue weighted by Gasteiger charge is 2.57. The van der Waals surface area contributed by atoms with Gasteiger partial charge in [0.25, 0.3) is 5.91 Å². The average molecular weight is 472 g/mol. The summed E-state index contributed by atoms with van der Waals surface area (Å²) in [6, 6.07) is 14.2. The molecule has 1 N–H and O–H groups in total. The van der Waals surface area contributed by atoms with Gasteiger partial charge in [0.2, 0.25) is 0 Å². The van der Waals surface area contributed by atoms with Crippen LogP contribution in [0.1, 0.15) is 50.3 Å². The summed E-state index contributed by atoms with van der Waals surface area (Å²) >= 11 is 0. The maximum Gasteiger partial charge on any atom is 0.252 e. The van der Waals surface area contributed by atoms with Crippen LogP contribution in [0.5, 0.6) is 0 Å². The van der Waals surface area contributed by atoms with Crippen LogP contribution in [0.4, 0.5) is 4.39 Å². The highest BCUT2D eigenvalue weighted by Crippen LogP contribution is 2.44. The van der Waals surface area contributed by atoms with Gasteiger partial charge in [0.15, 0.2) is 11.4 Å². The molecule has 0 bridgehead atoms. The summed E-state index contributed by atoms with van der Waals surface area (Å²) in [6.07, 6.45) is -0.435. The van der Waals surface area contributed by atoms with Gasteiger partial charge in [-0.25, -0.2) is 4.39 Å². The number of amides is 1. The summed E-state index contributed by atoms with van der Waals surface area (Å²) in [6.45, 7) is 8.70. The molecule has 6 nitrogen and oxygen atoms in total. The van der Waals surface area contributed by atoms with Gasteiger partial charge < -0.3 is 24.3 Å². The molecule has 0 radical (unpaired) electrons. The standard InChI is InChI=1S/C27H34FNO5/c1-5-29-25(30)27(32-17-20-8-6-7-18(2)13-20)14-22(24-23(15-27)33-26(3,4)34-24)31-16-19-9-11-21(28)12-10-19/h6-13,22-24H,5,14-17H2,1-4H3,(H,29,30)/t22-,23-,24+,27-/m1/s1. The number of hydrogen-bond acceptors (Lipinski definition) is 5. The van der Waals surface area contributed by atoms with Crippen molar-refractivity contribution in [1.29, 1.82) is 0 Å². The molecular formula is C27H34FNO5. The van der Waals surface area contributed by atoms with E-state index in [9.17, 15) is 9.18 Å². The van der Waals surface area contributed by atoms with E-state index in [1.54, 1.807) is 12.1 Å². The van der Waals surface area contributed by atoms with E-state index in [-0.39, 0.29) is 30.5 Å². The monoisotopic (exact) mass is 471 g/mol. The summed E-state index contributed by atoms with van der Waals surface area (Å²) in [5, 5.41) is 2.95. The van der Waals surface area contributed by atoms with Crippen LogP contribution in [0.15, 0.2) is 48.5 Å². The summed E-state index contributed by atoms with van der Waals surface area (Å²) in [4.78, 5) is 13.4. The number of aryl methyl sites for hydroxylation is 1. The number of carbonyl (C=O) groups excluding carboxylic acids is 1. The van der Waals surface area contributed by atoms with Crippen molar-refractivity contribution in [2.75, 3.05) is 6.54 Å². The summed E-state index contributed by atoms with van der Waals surface area (Å²) in [5.74, 6) is -1.26. The van der Waals surface area contributed by atoms with Crippen molar-refractivity contribution in [1.82, 2.24) is 5.32 Å². The molecule has 1 amide bonds. The van der Waals surface area contributed by atoms with Gasteiger partial charge in [-0.1, -0.05) is 42.0 Å². The van der Waals surface area contributed by atoms with E-state index < -0.39 is 17.5 Å². The second-order valence-corrected chi connectivity index (χ2v) is 9.65. The Hall–Kier alpha value is -2.32. The maximum atomic E-state index is 13.4. The number of hydrogen-bond donors (Lipinski definition) is 1. The first-order valence-electron chi connectivity index (χ1n) is 11.9. The highest BCUT2D eigenvalue weighted by molar-refractivity contribution is 5.85. The molecule has 2 aromatic carbocycles. The van der Waals surface area contributed by atoms with E-state index in [2.05, 4.69) is 11.4 Å². The Morgan fingerprint density at radius 3 is 2.56 bits per heavy atom. The molecule has 1 aliphatic carbocycles. The van der Waals surface area contributed by atoms with Gasteiger partial charge >= 0.3 is 0 Å². The van der Waals surface area contributed by atoms with Gasteiger partial charge in [-0.3, -0.25) is 4.79 Å².